The summed E-state index contributed by atoms with van der Waals surface area (Å²) in [5, 5.41) is 8.12. The maximum absolute atomic E-state index is 11.0. The summed E-state index contributed by atoms with van der Waals surface area (Å²) in [6, 6.07) is 4.95. The minimum Gasteiger partial charge on any atom is -0.345 e. The molecule has 4 nitrogen and oxygen atoms in total. The number of rotatable bonds is 1. The number of halogens is 1. The summed E-state index contributed by atoms with van der Waals surface area (Å²) < 4.78 is 0. The first kappa shape index (κ1) is 8.73. The fourth-order valence-corrected chi connectivity index (χ4v) is 1.39. The highest BCUT2D eigenvalue weighted by atomic mass is 35.5. The summed E-state index contributed by atoms with van der Waals surface area (Å²) in [7, 11) is 0. The van der Waals surface area contributed by atoms with Crippen LogP contribution in [0.1, 0.15) is 15.9 Å². The van der Waals surface area contributed by atoms with Crippen molar-refractivity contribution >= 4 is 27.9 Å². The van der Waals surface area contributed by atoms with Crippen LogP contribution in [0, 0.1) is 11.3 Å². The van der Waals surface area contributed by atoms with Crippen LogP contribution in [0.25, 0.3) is 11.0 Å². The lowest BCUT2D eigenvalue weighted by Gasteiger charge is -1.97. The van der Waals surface area contributed by atoms with E-state index in [1.165, 1.54) is 18.5 Å². The van der Waals surface area contributed by atoms with E-state index in [0.29, 0.717) is 11.0 Å². The molecule has 0 saturated heterocycles. The van der Waals surface area contributed by atoms with Crippen LogP contribution in [-0.2, 0) is 0 Å². The number of imidazole rings is 1. The van der Waals surface area contributed by atoms with E-state index in [4.69, 9.17) is 16.9 Å². The van der Waals surface area contributed by atoms with Gasteiger partial charge in [0.15, 0.2) is 0 Å². The molecule has 5 heteroatoms. The Bertz CT molecular complexity index is 553. The summed E-state index contributed by atoms with van der Waals surface area (Å²) in [5.74, 6) is 0. The standard InChI is InChI=1S/C9H4ClN3O/c10-9(14)6-2-8-7(12-4-13-8)1-5(6)3-11/h1-2,4H,(H,12,13). The number of aromatic amines is 1. The molecule has 0 bridgehead atoms. The molecule has 0 spiro atoms. The molecule has 0 atom stereocenters. The van der Waals surface area contributed by atoms with Crippen LogP contribution in [0.5, 0.6) is 0 Å². The van der Waals surface area contributed by atoms with Crippen molar-refractivity contribution in [2.45, 2.75) is 0 Å². The lowest BCUT2D eigenvalue weighted by Crippen LogP contribution is -1.94. The molecule has 0 amide bonds. The van der Waals surface area contributed by atoms with E-state index in [-0.39, 0.29) is 11.1 Å². The predicted octanol–water partition coefficient (Wildman–Crippen LogP) is 1.81. The van der Waals surface area contributed by atoms with Crippen molar-refractivity contribution < 1.29 is 4.79 Å². The quantitative estimate of drug-likeness (QED) is 0.722. The van der Waals surface area contributed by atoms with Crippen molar-refractivity contribution in [1.29, 1.82) is 5.26 Å². The van der Waals surface area contributed by atoms with Crippen molar-refractivity contribution in [3.63, 3.8) is 0 Å². The Labute approximate surface area is 84.1 Å². The van der Waals surface area contributed by atoms with Crippen LogP contribution in [0.3, 0.4) is 0 Å². The van der Waals surface area contributed by atoms with Crippen LogP contribution in [0.15, 0.2) is 18.5 Å². The number of H-pyrrole nitrogens is 1. The molecule has 1 aromatic carbocycles. The lowest BCUT2D eigenvalue weighted by molar-refractivity contribution is 0.108. The van der Waals surface area contributed by atoms with Gasteiger partial charge in [0.05, 0.1) is 28.5 Å². The number of hydrogen-bond acceptors (Lipinski definition) is 3. The number of carbonyl (C=O) groups is 1. The van der Waals surface area contributed by atoms with E-state index in [2.05, 4.69) is 9.97 Å². The minimum absolute atomic E-state index is 0.200. The van der Waals surface area contributed by atoms with E-state index >= 15 is 0 Å². The molecule has 2 aromatic rings. The van der Waals surface area contributed by atoms with Gasteiger partial charge in [0.1, 0.15) is 6.07 Å². The van der Waals surface area contributed by atoms with E-state index in [1.54, 1.807) is 0 Å². The van der Waals surface area contributed by atoms with Gasteiger partial charge in [0, 0.05) is 0 Å². The number of fused-ring (bicyclic) bond motifs is 1. The molecule has 0 aliphatic rings. The third-order valence-electron chi connectivity index (χ3n) is 1.89. The smallest absolute Gasteiger partial charge is 0.253 e. The first-order chi connectivity index (χ1) is 6.72. The molecule has 0 aliphatic heterocycles. The Balaban J connectivity index is 2.81. The summed E-state index contributed by atoms with van der Waals surface area (Å²) in [6.45, 7) is 0. The van der Waals surface area contributed by atoms with Crippen molar-refractivity contribution in [2.24, 2.45) is 0 Å². The fraction of sp³-hybridized carbons (Fsp3) is 0. The van der Waals surface area contributed by atoms with Crippen LogP contribution in [0.2, 0.25) is 0 Å². The van der Waals surface area contributed by atoms with Gasteiger partial charge >= 0.3 is 0 Å². The van der Waals surface area contributed by atoms with E-state index in [1.807, 2.05) is 6.07 Å². The second-order valence-corrected chi connectivity index (χ2v) is 3.05. The molecule has 68 valence electrons. The number of hydrogen-bond donors (Lipinski definition) is 1. The van der Waals surface area contributed by atoms with E-state index in [0.717, 1.165) is 0 Å². The Morgan fingerprint density at radius 3 is 3.00 bits per heavy atom. The molecular weight excluding hydrogens is 202 g/mol. The number of nitrogens with zero attached hydrogens (tertiary/aromatic N) is 2. The molecule has 0 radical (unpaired) electrons. The van der Waals surface area contributed by atoms with Gasteiger partial charge in [-0.15, -0.1) is 0 Å². The third kappa shape index (κ3) is 1.24. The molecule has 0 unspecified atom stereocenters. The molecular formula is C9H4ClN3O. The maximum atomic E-state index is 11.0. The normalized spacial score (nSPS) is 10.0. The number of benzene rings is 1. The van der Waals surface area contributed by atoms with Gasteiger partial charge in [-0.05, 0) is 23.7 Å². The Morgan fingerprint density at radius 2 is 2.36 bits per heavy atom. The third-order valence-corrected chi connectivity index (χ3v) is 2.10. The molecule has 14 heavy (non-hydrogen) atoms. The monoisotopic (exact) mass is 205 g/mol. The molecule has 1 heterocycles. The highest BCUT2D eigenvalue weighted by Gasteiger charge is 2.11. The zero-order valence-corrected chi connectivity index (χ0v) is 7.67. The molecule has 2 rings (SSSR count). The average Bonchev–Trinajstić information content (AvgIpc) is 2.62. The zero-order valence-electron chi connectivity index (χ0n) is 6.91. The molecule has 0 aliphatic carbocycles. The Hall–Kier alpha value is -1.86. The molecule has 1 N–H and O–H groups in total. The highest BCUT2D eigenvalue weighted by molar-refractivity contribution is 6.68. The van der Waals surface area contributed by atoms with Gasteiger partial charge in [-0.25, -0.2) is 4.98 Å². The van der Waals surface area contributed by atoms with Gasteiger partial charge < -0.3 is 4.98 Å². The first-order valence-electron chi connectivity index (χ1n) is 3.79. The maximum Gasteiger partial charge on any atom is 0.253 e. The van der Waals surface area contributed by atoms with Crippen molar-refractivity contribution in [3.8, 4) is 6.07 Å². The number of nitrogens with one attached hydrogen (secondary N) is 1. The summed E-state index contributed by atoms with van der Waals surface area (Å²) in [5.41, 5.74) is 1.77. The van der Waals surface area contributed by atoms with Crippen LogP contribution >= 0.6 is 11.6 Å². The molecule has 0 saturated carbocycles. The second kappa shape index (κ2) is 3.13. The van der Waals surface area contributed by atoms with Crippen molar-refractivity contribution in [3.05, 3.63) is 29.6 Å². The number of aromatic nitrogens is 2. The van der Waals surface area contributed by atoms with Crippen molar-refractivity contribution in [1.82, 2.24) is 9.97 Å². The highest BCUT2D eigenvalue weighted by Crippen LogP contribution is 2.18. The van der Waals surface area contributed by atoms with Crippen LogP contribution < -0.4 is 0 Å². The Kier molecular flexibility index (Phi) is 1.95. The summed E-state index contributed by atoms with van der Waals surface area (Å²) >= 11 is 5.33. The van der Waals surface area contributed by atoms with Gasteiger partial charge in [0.25, 0.3) is 5.24 Å². The van der Waals surface area contributed by atoms with Gasteiger partial charge in [0.2, 0.25) is 0 Å². The lowest BCUT2D eigenvalue weighted by atomic mass is 10.1. The number of nitriles is 1. The SMILES string of the molecule is N#Cc1cc2nc[nH]c2cc1C(=O)Cl. The van der Waals surface area contributed by atoms with Gasteiger partial charge in [-0.3, -0.25) is 4.79 Å². The van der Waals surface area contributed by atoms with Crippen LogP contribution in [-0.4, -0.2) is 15.2 Å². The minimum atomic E-state index is -0.641. The van der Waals surface area contributed by atoms with E-state index in [9.17, 15) is 4.79 Å². The van der Waals surface area contributed by atoms with Crippen LogP contribution in [0.4, 0.5) is 0 Å². The largest absolute Gasteiger partial charge is 0.345 e. The first-order valence-corrected chi connectivity index (χ1v) is 4.17. The second-order valence-electron chi connectivity index (χ2n) is 2.70. The summed E-state index contributed by atoms with van der Waals surface area (Å²) in [4.78, 5) is 17.8. The zero-order chi connectivity index (χ0) is 10.1. The molecule has 0 fully saturated rings. The predicted molar refractivity (Wildman–Crippen MR) is 51.0 cm³/mol. The van der Waals surface area contributed by atoms with Gasteiger partial charge in [-0.2, -0.15) is 5.26 Å². The van der Waals surface area contributed by atoms with Crippen molar-refractivity contribution in [2.75, 3.05) is 0 Å². The van der Waals surface area contributed by atoms with E-state index < -0.39 is 5.24 Å². The Morgan fingerprint density at radius 1 is 1.57 bits per heavy atom. The summed E-state index contributed by atoms with van der Waals surface area (Å²) in [6.07, 6.45) is 1.49. The molecule has 1 aromatic heterocycles. The average molecular weight is 206 g/mol. The number of carbonyl (C=O) groups excluding carboxylic acids is 1. The van der Waals surface area contributed by atoms with Gasteiger partial charge in [-0.1, -0.05) is 0 Å². The fourth-order valence-electron chi connectivity index (χ4n) is 1.24. The topological polar surface area (TPSA) is 69.5 Å².